The number of methoxy groups -OCH3 is 1. The Hall–Kier alpha value is -3.60. The predicted molar refractivity (Wildman–Crippen MR) is 81.2 cm³/mol. The molecule has 2 heterocycles. The standard InChI is InChI=1S/C16H12N4O4/c1-9-19-13(6-17)16(24-9)20-8-10(7-18-20)15(22)12-5-11(23-2)3-4-14(12)21/h3-5,7-8,21H,1-2H3. The number of rotatable bonds is 4. The Kier molecular flexibility index (Phi) is 3.75. The molecule has 0 unspecified atom stereocenters. The van der Waals surface area contributed by atoms with Gasteiger partial charge in [-0.25, -0.2) is 9.67 Å². The fraction of sp³-hybridized carbons (Fsp3) is 0.125. The van der Waals surface area contributed by atoms with Gasteiger partial charge in [-0.3, -0.25) is 4.79 Å². The highest BCUT2D eigenvalue weighted by atomic mass is 16.5. The first kappa shape index (κ1) is 15.3. The van der Waals surface area contributed by atoms with Gasteiger partial charge in [0, 0.05) is 13.1 Å². The van der Waals surface area contributed by atoms with Crippen molar-refractivity contribution in [3.63, 3.8) is 0 Å². The van der Waals surface area contributed by atoms with Gasteiger partial charge in [0.05, 0.1) is 24.4 Å². The lowest BCUT2D eigenvalue weighted by Crippen LogP contribution is -2.01. The highest BCUT2D eigenvalue weighted by Gasteiger charge is 2.19. The van der Waals surface area contributed by atoms with E-state index in [2.05, 4.69) is 10.1 Å². The molecular formula is C16H12N4O4. The van der Waals surface area contributed by atoms with Crippen LogP contribution in [0.3, 0.4) is 0 Å². The van der Waals surface area contributed by atoms with E-state index >= 15 is 0 Å². The van der Waals surface area contributed by atoms with Crippen molar-refractivity contribution >= 4 is 5.78 Å². The Morgan fingerprint density at radius 2 is 2.25 bits per heavy atom. The first-order valence-electron chi connectivity index (χ1n) is 6.87. The zero-order valence-electron chi connectivity index (χ0n) is 12.8. The number of aryl methyl sites for hydroxylation is 1. The molecule has 0 aliphatic heterocycles. The Morgan fingerprint density at radius 1 is 1.46 bits per heavy atom. The van der Waals surface area contributed by atoms with Crippen molar-refractivity contribution in [3.8, 4) is 23.5 Å². The number of aromatic nitrogens is 3. The number of benzene rings is 1. The normalized spacial score (nSPS) is 10.4. The lowest BCUT2D eigenvalue weighted by molar-refractivity contribution is 0.103. The van der Waals surface area contributed by atoms with Gasteiger partial charge in [-0.15, -0.1) is 0 Å². The van der Waals surface area contributed by atoms with Crippen LogP contribution in [0.1, 0.15) is 27.5 Å². The fourth-order valence-corrected chi connectivity index (χ4v) is 2.18. The predicted octanol–water partition coefficient (Wildman–Crippen LogP) is 1.99. The van der Waals surface area contributed by atoms with Crippen molar-refractivity contribution < 1.29 is 19.1 Å². The van der Waals surface area contributed by atoms with Gasteiger partial charge in [0.15, 0.2) is 11.7 Å². The molecule has 0 bridgehead atoms. The zero-order chi connectivity index (χ0) is 17.3. The molecule has 3 aromatic rings. The molecule has 2 aromatic heterocycles. The number of nitriles is 1. The van der Waals surface area contributed by atoms with E-state index in [1.807, 2.05) is 6.07 Å². The molecule has 1 aromatic carbocycles. The Morgan fingerprint density at radius 3 is 2.96 bits per heavy atom. The van der Waals surface area contributed by atoms with Gasteiger partial charge >= 0.3 is 0 Å². The summed E-state index contributed by atoms with van der Waals surface area (Å²) in [6.45, 7) is 1.61. The summed E-state index contributed by atoms with van der Waals surface area (Å²) in [5.74, 6) is 0.287. The number of aromatic hydroxyl groups is 1. The minimum Gasteiger partial charge on any atom is -0.507 e. The average Bonchev–Trinajstić information content (AvgIpc) is 3.20. The minimum absolute atomic E-state index is 0.0684. The summed E-state index contributed by atoms with van der Waals surface area (Å²) in [5, 5.41) is 23.0. The number of oxazole rings is 1. The van der Waals surface area contributed by atoms with E-state index in [-0.39, 0.29) is 28.5 Å². The van der Waals surface area contributed by atoms with E-state index < -0.39 is 5.78 Å². The van der Waals surface area contributed by atoms with Crippen molar-refractivity contribution in [1.29, 1.82) is 5.26 Å². The van der Waals surface area contributed by atoms with Crippen molar-refractivity contribution in [2.45, 2.75) is 6.92 Å². The van der Waals surface area contributed by atoms with E-state index in [1.165, 1.54) is 36.3 Å². The number of ether oxygens (including phenoxy) is 1. The number of phenolic OH excluding ortho intramolecular Hbond substituents is 1. The quantitative estimate of drug-likeness (QED) is 0.730. The smallest absolute Gasteiger partial charge is 0.259 e. The van der Waals surface area contributed by atoms with Crippen LogP contribution in [-0.4, -0.2) is 32.8 Å². The van der Waals surface area contributed by atoms with Gasteiger partial charge in [0.25, 0.3) is 5.88 Å². The topological polar surface area (TPSA) is 114 Å². The number of nitrogens with zero attached hydrogens (tertiary/aromatic N) is 4. The summed E-state index contributed by atoms with van der Waals surface area (Å²) < 4.78 is 11.6. The van der Waals surface area contributed by atoms with Crippen LogP contribution >= 0.6 is 0 Å². The third-order valence-corrected chi connectivity index (χ3v) is 3.32. The summed E-state index contributed by atoms with van der Waals surface area (Å²) in [6.07, 6.45) is 2.72. The van der Waals surface area contributed by atoms with E-state index in [0.29, 0.717) is 11.6 Å². The molecule has 8 nitrogen and oxygen atoms in total. The van der Waals surface area contributed by atoms with Crippen LogP contribution in [-0.2, 0) is 0 Å². The summed E-state index contributed by atoms with van der Waals surface area (Å²) in [5.41, 5.74) is 0.374. The molecule has 3 rings (SSSR count). The van der Waals surface area contributed by atoms with Gasteiger partial charge in [0.2, 0.25) is 5.69 Å². The maximum atomic E-state index is 12.6. The molecule has 0 atom stereocenters. The molecule has 0 saturated heterocycles. The molecule has 0 aliphatic carbocycles. The summed E-state index contributed by atoms with van der Waals surface area (Å²) in [7, 11) is 1.47. The number of ketones is 1. The second kappa shape index (κ2) is 5.89. The third-order valence-electron chi connectivity index (χ3n) is 3.32. The van der Waals surface area contributed by atoms with E-state index in [1.54, 1.807) is 13.0 Å². The number of hydrogen-bond acceptors (Lipinski definition) is 7. The maximum absolute atomic E-state index is 12.6. The maximum Gasteiger partial charge on any atom is 0.259 e. The minimum atomic E-state index is -0.438. The molecule has 1 N–H and O–H groups in total. The third kappa shape index (κ3) is 2.59. The molecule has 0 spiro atoms. The lowest BCUT2D eigenvalue weighted by Gasteiger charge is -2.05. The van der Waals surface area contributed by atoms with E-state index in [4.69, 9.17) is 14.4 Å². The Bertz CT molecular complexity index is 965. The molecule has 24 heavy (non-hydrogen) atoms. The van der Waals surface area contributed by atoms with E-state index in [0.717, 1.165) is 0 Å². The van der Waals surface area contributed by atoms with Gasteiger partial charge in [-0.1, -0.05) is 0 Å². The van der Waals surface area contributed by atoms with Crippen LogP contribution in [0.2, 0.25) is 0 Å². The van der Waals surface area contributed by atoms with Gasteiger partial charge in [-0.2, -0.15) is 10.4 Å². The van der Waals surface area contributed by atoms with Gasteiger partial charge in [0.1, 0.15) is 17.6 Å². The molecule has 0 fully saturated rings. The van der Waals surface area contributed by atoms with E-state index in [9.17, 15) is 9.90 Å². The van der Waals surface area contributed by atoms with Crippen LogP contribution in [0.5, 0.6) is 11.5 Å². The Balaban J connectivity index is 1.99. The molecule has 0 radical (unpaired) electrons. The number of carbonyl (C=O) groups excluding carboxylic acids is 1. The summed E-state index contributed by atoms with van der Waals surface area (Å²) in [4.78, 5) is 16.5. The number of hydrogen-bond donors (Lipinski definition) is 1. The second-order valence-electron chi connectivity index (χ2n) is 4.88. The monoisotopic (exact) mass is 324 g/mol. The number of phenols is 1. The van der Waals surface area contributed by atoms with Gasteiger partial charge in [-0.05, 0) is 18.2 Å². The second-order valence-corrected chi connectivity index (χ2v) is 4.88. The van der Waals surface area contributed by atoms with Crippen LogP contribution in [0, 0.1) is 18.3 Å². The van der Waals surface area contributed by atoms with Crippen LogP contribution in [0.15, 0.2) is 35.0 Å². The summed E-state index contributed by atoms with van der Waals surface area (Å²) >= 11 is 0. The number of carbonyl (C=O) groups is 1. The highest BCUT2D eigenvalue weighted by Crippen LogP contribution is 2.26. The first-order valence-corrected chi connectivity index (χ1v) is 6.87. The lowest BCUT2D eigenvalue weighted by atomic mass is 10.1. The summed E-state index contributed by atoms with van der Waals surface area (Å²) in [6, 6.07) is 6.27. The van der Waals surface area contributed by atoms with Crippen molar-refractivity contribution in [2.24, 2.45) is 0 Å². The molecule has 120 valence electrons. The molecule has 0 amide bonds. The highest BCUT2D eigenvalue weighted by molar-refractivity contribution is 6.10. The zero-order valence-corrected chi connectivity index (χ0v) is 12.8. The van der Waals surface area contributed by atoms with Crippen molar-refractivity contribution in [3.05, 3.63) is 53.3 Å². The van der Waals surface area contributed by atoms with Crippen LogP contribution in [0.25, 0.3) is 5.88 Å². The van der Waals surface area contributed by atoms with Crippen molar-refractivity contribution in [1.82, 2.24) is 14.8 Å². The SMILES string of the molecule is COc1ccc(O)c(C(=O)c2cnn(-c3oc(C)nc3C#N)c2)c1. The first-order chi connectivity index (χ1) is 11.5. The van der Waals surface area contributed by atoms with Crippen LogP contribution < -0.4 is 4.74 Å². The van der Waals surface area contributed by atoms with Crippen molar-refractivity contribution in [2.75, 3.05) is 7.11 Å². The van der Waals surface area contributed by atoms with Gasteiger partial charge < -0.3 is 14.3 Å². The fourth-order valence-electron chi connectivity index (χ4n) is 2.18. The molecule has 0 aliphatic rings. The Labute approximate surface area is 136 Å². The molecule has 8 heteroatoms. The molecular weight excluding hydrogens is 312 g/mol. The largest absolute Gasteiger partial charge is 0.507 e. The average molecular weight is 324 g/mol. The molecule has 0 saturated carbocycles. The van der Waals surface area contributed by atoms with Crippen LogP contribution in [0.4, 0.5) is 0 Å².